The summed E-state index contributed by atoms with van der Waals surface area (Å²) in [6.45, 7) is 0. The third-order valence-corrected chi connectivity index (χ3v) is 3.03. The van der Waals surface area contributed by atoms with Crippen molar-refractivity contribution in [1.29, 1.82) is 0 Å². The number of hydrogen-bond acceptors (Lipinski definition) is 5. The maximum Gasteiger partial charge on any atom is 0.321 e. The van der Waals surface area contributed by atoms with Gasteiger partial charge in [0.05, 0.1) is 11.3 Å². The van der Waals surface area contributed by atoms with Crippen LogP contribution in [-0.2, 0) is 19.7 Å². The van der Waals surface area contributed by atoms with E-state index in [1.807, 2.05) is 0 Å². The molecule has 0 fully saturated rings. The number of rotatable bonds is 5. The van der Waals surface area contributed by atoms with Gasteiger partial charge in [0.1, 0.15) is 6.04 Å². The maximum atomic E-state index is 11.4. The van der Waals surface area contributed by atoms with E-state index in [-0.39, 0.29) is 10.6 Å². The van der Waals surface area contributed by atoms with Crippen molar-refractivity contribution in [3.63, 3.8) is 0 Å². The molecule has 0 aliphatic rings. The first-order valence-electron chi connectivity index (χ1n) is 5.06. The Morgan fingerprint density at radius 2 is 1.79 bits per heavy atom. The molecule has 1 unspecified atom stereocenters. The average molecular weight is 288 g/mol. The summed E-state index contributed by atoms with van der Waals surface area (Å²) in [4.78, 5) is 21.5. The lowest BCUT2D eigenvalue weighted by atomic mass is 10.2. The van der Waals surface area contributed by atoms with Crippen molar-refractivity contribution in [2.24, 2.45) is 5.73 Å². The Morgan fingerprint density at radius 3 is 2.21 bits per heavy atom. The lowest BCUT2D eigenvalue weighted by Gasteiger charge is -2.08. The van der Waals surface area contributed by atoms with Gasteiger partial charge in [-0.2, -0.15) is 8.42 Å². The molecule has 104 valence electrons. The first-order valence-corrected chi connectivity index (χ1v) is 6.50. The lowest BCUT2D eigenvalue weighted by Crippen LogP contribution is -2.34. The molecule has 1 rings (SSSR count). The SMILES string of the molecule is NC(CC(=O)Nc1ccc(S(=O)(=O)O)cc1)C(=O)O. The summed E-state index contributed by atoms with van der Waals surface area (Å²) < 4.78 is 30.3. The number of hydrogen-bond donors (Lipinski definition) is 4. The molecule has 0 aliphatic carbocycles. The Hall–Kier alpha value is -1.97. The molecule has 1 aromatic carbocycles. The molecule has 0 saturated heterocycles. The predicted molar refractivity (Wildman–Crippen MR) is 65.1 cm³/mol. The number of amides is 1. The minimum Gasteiger partial charge on any atom is -0.480 e. The summed E-state index contributed by atoms with van der Waals surface area (Å²) in [6.07, 6.45) is -0.407. The van der Waals surface area contributed by atoms with Crippen LogP contribution in [0.1, 0.15) is 6.42 Å². The van der Waals surface area contributed by atoms with E-state index in [2.05, 4.69) is 5.32 Å². The van der Waals surface area contributed by atoms with Gasteiger partial charge >= 0.3 is 5.97 Å². The highest BCUT2D eigenvalue weighted by molar-refractivity contribution is 7.85. The molecule has 0 heterocycles. The fraction of sp³-hybridized carbons (Fsp3) is 0.200. The van der Waals surface area contributed by atoms with Gasteiger partial charge < -0.3 is 16.2 Å². The summed E-state index contributed by atoms with van der Waals surface area (Å²) in [5.41, 5.74) is 5.44. The van der Waals surface area contributed by atoms with Gasteiger partial charge in [-0.05, 0) is 24.3 Å². The number of carboxylic acid groups (broad SMARTS) is 1. The second-order valence-electron chi connectivity index (χ2n) is 3.70. The van der Waals surface area contributed by atoms with Crippen LogP contribution in [0.2, 0.25) is 0 Å². The van der Waals surface area contributed by atoms with Crippen LogP contribution in [0.25, 0.3) is 0 Å². The fourth-order valence-electron chi connectivity index (χ4n) is 1.21. The van der Waals surface area contributed by atoms with Crippen molar-refractivity contribution >= 4 is 27.7 Å². The predicted octanol–water partition coefficient (Wildman–Crippen LogP) is -0.326. The topological polar surface area (TPSA) is 147 Å². The molecule has 5 N–H and O–H groups in total. The Morgan fingerprint density at radius 1 is 1.26 bits per heavy atom. The first-order chi connectivity index (χ1) is 8.70. The summed E-state index contributed by atoms with van der Waals surface area (Å²) in [6, 6.07) is 3.40. The van der Waals surface area contributed by atoms with Crippen LogP contribution < -0.4 is 11.1 Å². The van der Waals surface area contributed by atoms with Crippen molar-refractivity contribution < 1.29 is 27.7 Å². The van der Waals surface area contributed by atoms with Gasteiger partial charge in [-0.3, -0.25) is 14.1 Å². The molecule has 9 heteroatoms. The van der Waals surface area contributed by atoms with Crippen molar-refractivity contribution in [3.05, 3.63) is 24.3 Å². The minimum atomic E-state index is -4.29. The van der Waals surface area contributed by atoms with E-state index in [1.165, 1.54) is 12.1 Å². The molecule has 0 aliphatic heterocycles. The first kappa shape index (κ1) is 15.1. The molecule has 0 saturated carbocycles. The summed E-state index contributed by atoms with van der Waals surface area (Å²) in [5, 5.41) is 10.9. The van der Waals surface area contributed by atoms with Crippen LogP contribution in [0, 0.1) is 0 Å². The number of carbonyl (C=O) groups is 2. The molecule has 19 heavy (non-hydrogen) atoms. The highest BCUT2D eigenvalue weighted by Crippen LogP contribution is 2.13. The second kappa shape index (κ2) is 5.78. The number of aliphatic carboxylic acids is 1. The monoisotopic (exact) mass is 288 g/mol. The fourth-order valence-corrected chi connectivity index (χ4v) is 1.69. The van der Waals surface area contributed by atoms with E-state index in [1.54, 1.807) is 0 Å². The van der Waals surface area contributed by atoms with Gasteiger partial charge in [0.15, 0.2) is 0 Å². The standard InChI is InChI=1S/C10H12N2O6S/c11-8(10(14)15)5-9(13)12-6-1-3-7(4-2-6)19(16,17)18/h1-4,8H,5,11H2,(H,12,13)(H,14,15)(H,16,17,18). The summed E-state index contributed by atoms with van der Waals surface area (Å²) >= 11 is 0. The average Bonchev–Trinajstić information content (AvgIpc) is 2.28. The lowest BCUT2D eigenvalue weighted by molar-refractivity contribution is -0.140. The van der Waals surface area contributed by atoms with Gasteiger partial charge in [-0.1, -0.05) is 0 Å². The summed E-state index contributed by atoms with van der Waals surface area (Å²) in [7, 11) is -4.29. The normalized spacial score (nSPS) is 12.7. The zero-order valence-corrected chi connectivity index (χ0v) is 10.4. The highest BCUT2D eigenvalue weighted by Gasteiger charge is 2.16. The maximum absolute atomic E-state index is 11.4. The number of carboxylic acids is 1. The van der Waals surface area contributed by atoms with Gasteiger partial charge in [0, 0.05) is 5.69 Å². The Bertz CT molecular complexity index is 581. The third-order valence-electron chi connectivity index (χ3n) is 2.16. The second-order valence-corrected chi connectivity index (χ2v) is 5.12. The number of nitrogens with two attached hydrogens (primary N) is 1. The van der Waals surface area contributed by atoms with E-state index in [4.69, 9.17) is 15.4 Å². The number of nitrogens with one attached hydrogen (secondary N) is 1. The molecule has 0 bridgehead atoms. The number of anilines is 1. The van der Waals surface area contributed by atoms with Crippen LogP contribution >= 0.6 is 0 Å². The molecule has 0 spiro atoms. The van der Waals surface area contributed by atoms with Gasteiger partial charge in [0.2, 0.25) is 5.91 Å². The van der Waals surface area contributed by atoms with E-state index in [9.17, 15) is 18.0 Å². The quantitative estimate of drug-likeness (QED) is 0.542. The molecule has 1 amide bonds. The van der Waals surface area contributed by atoms with Crippen molar-refractivity contribution in [2.75, 3.05) is 5.32 Å². The van der Waals surface area contributed by atoms with Crippen molar-refractivity contribution in [2.45, 2.75) is 17.4 Å². The zero-order chi connectivity index (χ0) is 14.6. The largest absolute Gasteiger partial charge is 0.480 e. The van der Waals surface area contributed by atoms with Crippen LogP contribution in [0.3, 0.4) is 0 Å². The van der Waals surface area contributed by atoms with E-state index in [0.717, 1.165) is 12.1 Å². The number of carbonyl (C=O) groups excluding carboxylic acids is 1. The van der Waals surface area contributed by atoms with Gasteiger partial charge in [-0.15, -0.1) is 0 Å². The molecular formula is C10H12N2O6S. The van der Waals surface area contributed by atoms with E-state index in [0.29, 0.717) is 0 Å². The summed E-state index contributed by atoms with van der Waals surface area (Å²) in [5.74, 6) is -1.91. The zero-order valence-electron chi connectivity index (χ0n) is 9.61. The van der Waals surface area contributed by atoms with Gasteiger partial charge in [-0.25, -0.2) is 0 Å². The van der Waals surface area contributed by atoms with E-state index >= 15 is 0 Å². The number of benzene rings is 1. The molecule has 8 nitrogen and oxygen atoms in total. The van der Waals surface area contributed by atoms with E-state index < -0.39 is 34.5 Å². The van der Waals surface area contributed by atoms with Crippen LogP contribution in [0.5, 0.6) is 0 Å². The van der Waals surface area contributed by atoms with Crippen LogP contribution in [0.15, 0.2) is 29.2 Å². The smallest absolute Gasteiger partial charge is 0.321 e. The Labute approximate surface area is 109 Å². The van der Waals surface area contributed by atoms with Crippen molar-refractivity contribution in [1.82, 2.24) is 0 Å². The highest BCUT2D eigenvalue weighted by atomic mass is 32.2. The minimum absolute atomic E-state index is 0.259. The molecular weight excluding hydrogens is 276 g/mol. The molecule has 1 atom stereocenters. The molecule has 0 aromatic heterocycles. The molecule has 1 aromatic rings. The Kier molecular flexibility index (Phi) is 4.59. The Balaban J connectivity index is 2.69. The van der Waals surface area contributed by atoms with Gasteiger partial charge in [0.25, 0.3) is 10.1 Å². The van der Waals surface area contributed by atoms with Crippen LogP contribution in [0.4, 0.5) is 5.69 Å². The van der Waals surface area contributed by atoms with Crippen molar-refractivity contribution in [3.8, 4) is 0 Å². The molecule has 0 radical (unpaired) electrons. The third kappa shape index (κ3) is 4.66. The van der Waals surface area contributed by atoms with Crippen LogP contribution in [-0.4, -0.2) is 36.0 Å².